The molecule has 1 aromatic carbocycles. The Morgan fingerprint density at radius 1 is 1.03 bits per heavy atom. The van der Waals surface area contributed by atoms with Crippen LogP contribution in [-0.2, 0) is 4.79 Å². The molecule has 1 aliphatic rings. The number of benzene rings is 1. The van der Waals surface area contributed by atoms with Gasteiger partial charge in [-0.1, -0.05) is 19.1 Å². The summed E-state index contributed by atoms with van der Waals surface area (Å²) in [5.74, 6) is 0.199. The van der Waals surface area contributed by atoms with Crippen molar-refractivity contribution < 1.29 is 23.5 Å². The van der Waals surface area contributed by atoms with Crippen LogP contribution in [0.5, 0.6) is 0 Å². The van der Waals surface area contributed by atoms with Crippen molar-refractivity contribution in [1.82, 2.24) is 9.97 Å². The van der Waals surface area contributed by atoms with Gasteiger partial charge in [0.1, 0.15) is 11.3 Å². The van der Waals surface area contributed by atoms with Crippen LogP contribution in [0.4, 0.5) is 5.88 Å². The summed E-state index contributed by atoms with van der Waals surface area (Å²) in [6.07, 6.45) is 5.28. The van der Waals surface area contributed by atoms with Crippen LogP contribution >= 0.6 is 0 Å². The number of anilines is 1. The van der Waals surface area contributed by atoms with E-state index in [2.05, 4.69) is 16.9 Å². The molecule has 0 atom stereocenters. The molecule has 0 spiro atoms. The molecular weight excluding hydrogens is 458 g/mol. The monoisotopic (exact) mass is 487 g/mol. The zero-order chi connectivity index (χ0) is 25.4. The summed E-state index contributed by atoms with van der Waals surface area (Å²) in [5.41, 5.74) is 2.55. The Morgan fingerprint density at radius 2 is 1.72 bits per heavy atom. The first-order valence-electron chi connectivity index (χ1n) is 12.3. The zero-order valence-electron chi connectivity index (χ0n) is 20.6. The maximum absolute atomic E-state index is 13.5. The first-order chi connectivity index (χ1) is 17.3. The Kier molecular flexibility index (Phi) is 6.35. The number of carboxylic acids is 1. The van der Waals surface area contributed by atoms with Gasteiger partial charge >= 0.3 is 5.97 Å². The molecule has 0 radical (unpaired) electrons. The van der Waals surface area contributed by atoms with Gasteiger partial charge in [0.05, 0.1) is 0 Å². The van der Waals surface area contributed by atoms with Gasteiger partial charge in [0, 0.05) is 35.3 Å². The number of carbonyl (C=O) groups excluding carboxylic acids is 1. The average molecular weight is 488 g/mol. The van der Waals surface area contributed by atoms with Gasteiger partial charge in [-0.05, 0) is 69.7 Å². The molecule has 0 aliphatic heterocycles. The van der Waals surface area contributed by atoms with E-state index >= 15 is 0 Å². The summed E-state index contributed by atoms with van der Waals surface area (Å²) in [5, 5.41) is 9.92. The smallest absolute Gasteiger partial charge is 0.341 e. The summed E-state index contributed by atoms with van der Waals surface area (Å²) >= 11 is 0. The number of pyridine rings is 1. The van der Waals surface area contributed by atoms with Crippen molar-refractivity contribution in [2.24, 2.45) is 11.8 Å². The molecule has 1 N–H and O–H groups in total. The Labute approximate surface area is 209 Å². The van der Waals surface area contributed by atoms with Crippen LogP contribution in [0.2, 0.25) is 0 Å². The molecule has 1 fully saturated rings. The van der Waals surface area contributed by atoms with Gasteiger partial charge in [0.25, 0.3) is 0 Å². The molecule has 1 saturated carbocycles. The van der Waals surface area contributed by atoms with E-state index in [1.54, 1.807) is 18.3 Å². The van der Waals surface area contributed by atoms with Crippen molar-refractivity contribution in [2.45, 2.75) is 52.5 Å². The van der Waals surface area contributed by atoms with E-state index in [9.17, 15) is 14.7 Å². The molecule has 3 heterocycles. The second-order valence-corrected chi connectivity index (χ2v) is 9.81. The molecule has 5 rings (SSSR count). The van der Waals surface area contributed by atoms with Crippen molar-refractivity contribution in [1.29, 1.82) is 0 Å². The highest BCUT2D eigenvalue weighted by Crippen LogP contribution is 2.37. The first-order valence-corrected chi connectivity index (χ1v) is 12.3. The second kappa shape index (κ2) is 9.60. The highest BCUT2D eigenvalue weighted by atomic mass is 16.4. The van der Waals surface area contributed by atoms with Crippen molar-refractivity contribution in [3.05, 3.63) is 54.2 Å². The van der Waals surface area contributed by atoms with E-state index in [4.69, 9.17) is 8.83 Å². The fourth-order valence-corrected chi connectivity index (χ4v) is 4.82. The summed E-state index contributed by atoms with van der Waals surface area (Å²) in [7, 11) is 0. The van der Waals surface area contributed by atoms with Crippen molar-refractivity contribution in [2.75, 3.05) is 4.90 Å². The lowest BCUT2D eigenvalue weighted by Crippen LogP contribution is -2.42. The van der Waals surface area contributed by atoms with Gasteiger partial charge in [-0.2, -0.15) is 4.98 Å². The number of nitrogens with zero attached hydrogens (tertiary/aromatic N) is 3. The largest absolute Gasteiger partial charge is 0.477 e. The standard InChI is InChI=1S/C28H29N3O5/c1-16(2)31(26(32)20-8-6-17(3)7-9-20)27-21(28(33)34)15-23(36-27)18-10-12-19(13-11-18)25-30-24-22(35-25)5-4-14-29-24/h4-5,10-17,20H,6-9H2,1-3H3,(H,33,34)/t17-,20-. The number of fused-ring (bicyclic) bond motifs is 1. The Bertz CT molecular complexity index is 1360. The third kappa shape index (κ3) is 4.51. The van der Waals surface area contributed by atoms with Crippen LogP contribution in [0, 0.1) is 11.8 Å². The van der Waals surface area contributed by atoms with Crippen LogP contribution in [0.1, 0.15) is 56.8 Å². The average Bonchev–Trinajstić information content (AvgIpc) is 3.49. The molecule has 36 heavy (non-hydrogen) atoms. The van der Waals surface area contributed by atoms with Gasteiger partial charge < -0.3 is 13.9 Å². The van der Waals surface area contributed by atoms with E-state index in [-0.39, 0.29) is 29.3 Å². The van der Waals surface area contributed by atoms with E-state index < -0.39 is 5.97 Å². The summed E-state index contributed by atoms with van der Waals surface area (Å²) < 4.78 is 11.9. The maximum atomic E-state index is 13.5. The lowest BCUT2D eigenvalue weighted by atomic mass is 9.82. The van der Waals surface area contributed by atoms with Gasteiger partial charge in [0.15, 0.2) is 11.2 Å². The summed E-state index contributed by atoms with van der Waals surface area (Å²) in [6.45, 7) is 5.96. The molecule has 186 valence electrons. The first kappa shape index (κ1) is 23.8. The van der Waals surface area contributed by atoms with E-state index in [0.717, 1.165) is 31.2 Å². The number of oxazole rings is 1. The van der Waals surface area contributed by atoms with Gasteiger partial charge in [0.2, 0.25) is 17.7 Å². The minimum absolute atomic E-state index is 0.0228. The molecule has 8 heteroatoms. The summed E-state index contributed by atoms with van der Waals surface area (Å²) in [4.78, 5) is 35.8. The lowest BCUT2D eigenvalue weighted by Gasteiger charge is -2.32. The van der Waals surface area contributed by atoms with Crippen LogP contribution in [0.25, 0.3) is 34.0 Å². The highest BCUT2D eigenvalue weighted by molar-refractivity contribution is 6.02. The molecule has 1 amide bonds. The molecular formula is C28H29N3O5. The van der Waals surface area contributed by atoms with E-state index in [0.29, 0.717) is 34.4 Å². The van der Waals surface area contributed by atoms with Gasteiger partial charge in [-0.3, -0.25) is 9.69 Å². The van der Waals surface area contributed by atoms with Crippen molar-refractivity contribution in [3.63, 3.8) is 0 Å². The number of amides is 1. The van der Waals surface area contributed by atoms with E-state index in [1.165, 1.54) is 11.0 Å². The fraction of sp³-hybridized carbons (Fsp3) is 0.357. The minimum Gasteiger partial charge on any atom is -0.477 e. The van der Waals surface area contributed by atoms with Crippen LogP contribution in [-0.4, -0.2) is 33.0 Å². The Hall–Kier alpha value is -3.94. The number of furan rings is 1. The topological polar surface area (TPSA) is 110 Å². The molecule has 0 unspecified atom stereocenters. The number of aromatic nitrogens is 2. The van der Waals surface area contributed by atoms with Gasteiger partial charge in [-0.15, -0.1) is 0 Å². The van der Waals surface area contributed by atoms with Gasteiger partial charge in [-0.25, -0.2) is 9.78 Å². The molecule has 4 aromatic rings. The zero-order valence-corrected chi connectivity index (χ0v) is 20.6. The van der Waals surface area contributed by atoms with E-state index in [1.807, 2.05) is 38.1 Å². The molecule has 8 nitrogen and oxygen atoms in total. The summed E-state index contributed by atoms with van der Waals surface area (Å²) in [6, 6.07) is 12.1. The second-order valence-electron chi connectivity index (χ2n) is 9.81. The van der Waals surface area contributed by atoms with Crippen molar-refractivity contribution >= 4 is 29.0 Å². The number of carbonyl (C=O) groups is 2. The Morgan fingerprint density at radius 3 is 2.36 bits per heavy atom. The highest BCUT2D eigenvalue weighted by Gasteiger charge is 2.34. The van der Waals surface area contributed by atoms with Crippen LogP contribution in [0.15, 0.2) is 57.5 Å². The number of carboxylic acid groups (broad SMARTS) is 1. The molecule has 0 bridgehead atoms. The number of rotatable bonds is 6. The predicted molar refractivity (Wildman–Crippen MR) is 136 cm³/mol. The maximum Gasteiger partial charge on any atom is 0.341 e. The number of hydrogen-bond acceptors (Lipinski definition) is 6. The molecule has 0 saturated heterocycles. The minimum atomic E-state index is -1.13. The van der Waals surface area contributed by atoms with Crippen LogP contribution in [0.3, 0.4) is 0 Å². The third-order valence-corrected chi connectivity index (χ3v) is 6.86. The molecule has 3 aromatic heterocycles. The van der Waals surface area contributed by atoms with Crippen LogP contribution < -0.4 is 4.90 Å². The third-order valence-electron chi connectivity index (χ3n) is 6.86. The van der Waals surface area contributed by atoms with Crippen molar-refractivity contribution in [3.8, 4) is 22.8 Å². The molecule has 1 aliphatic carbocycles. The number of aromatic carboxylic acids is 1. The Balaban J connectivity index is 1.46. The number of hydrogen-bond donors (Lipinski definition) is 1. The predicted octanol–water partition coefficient (Wildman–Crippen LogP) is 6.42. The quantitative estimate of drug-likeness (QED) is 0.334. The lowest BCUT2D eigenvalue weighted by molar-refractivity contribution is -0.124. The SMILES string of the molecule is CC(C)N(c1oc(-c2ccc(-c3nc4ncccc4o3)cc2)cc1C(=O)O)C(=O)[C@H]1CC[C@H](C)CC1. The fourth-order valence-electron chi connectivity index (χ4n) is 4.82. The normalized spacial score (nSPS) is 18.0.